The zero-order chi connectivity index (χ0) is 13.9. The van der Waals surface area contributed by atoms with Gasteiger partial charge in [-0.05, 0) is 19.8 Å². The maximum atomic E-state index is 12.5. The fourth-order valence-electron chi connectivity index (χ4n) is 2.46. The number of nitrogens with one attached hydrogen (secondary N) is 1. The molecule has 1 N–H and O–H groups in total. The van der Waals surface area contributed by atoms with Crippen molar-refractivity contribution in [2.45, 2.75) is 57.3 Å². The normalized spacial score (nSPS) is 19.6. The third-order valence-electron chi connectivity index (χ3n) is 3.69. The Morgan fingerprint density at radius 3 is 2.63 bits per heavy atom. The lowest BCUT2D eigenvalue weighted by molar-refractivity contribution is -0.137. The number of rotatable bonds is 4. The van der Waals surface area contributed by atoms with E-state index in [0.717, 1.165) is 12.4 Å². The van der Waals surface area contributed by atoms with Crippen LogP contribution in [0, 0.1) is 0 Å². The zero-order valence-corrected chi connectivity index (χ0v) is 11.1. The highest BCUT2D eigenvalue weighted by atomic mass is 19.4. The Kier molecular flexibility index (Phi) is 4.50. The van der Waals surface area contributed by atoms with E-state index in [1.165, 1.54) is 36.8 Å². The van der Waals surface area contributed by atoms with Crippen LogP contribution in [0.4, 0.5) is 13.2 Å². The third kappa shape index (κ3) is 3.96. The van der Waals surface area contributed by atoms with Gasteiger partial charge in [0.05, 0.1) is 17.8 Å². The van der Waals surface area contributed by atoms with Crippen LogP contribution in [0.5, 0.6) is 0 Å². The maximum absolute atomic E-state index is 12.5. The Morgan fingerprint density at radius 2 is 2.05 bits per heavy atom. The Morgan fingerprint density at radius 1 is 1.37 bits per heavy atom. The Hall–Kier alpha value is -1.04. The molecule has 108 valence electrons. The first-order valence-electron chi connectivity index (χ1n) is 6.81. The van der Waals surface area contributed by atoms with Crippen molar-refractivity contribution in [3.8, 4) is 0 Å². The molecular weight excluding hydrogens is 255 g/mol. The summed E-state index contributed by atoms with van der Waals surface area (Å²) in [6.45, 7) is 2.53. The van der Waals surface area contributed by atoms with Crippen molar-refractivity contribution in [1.29, 1.82) is 0 Å². The number of alkyl halides is 3. The van der Waals surface area contributed by atoms with Gasteiger partial charge in [-0.25, -0.2) is 0 Å². The molecule has 1 atom stereocenters. The van der Waals surface area contributed by atoms with Crippen LogP contribution in [0.2, 0.25) is 0 Å². The highest BCUT2D eigenvalue weighted by molar-refractivity contribution is 5.08. The summed E-state index contributed by atoms with van der Waals surface area (Å²) >= 11 is 0. The molecule has 2 rings (SSSR count). The second-order valence-corrected chi connectivity index (χ2v) is 5.30. The highest BCUT2D eigenvalue weighted by Crippen LogP contribution is 2.29. The van der Waals surface area contributed by atoms with E-state index in [-0.39, 0.29) is 6.04 Å². The molecule has 1 aromatic heterocycles. The van der Waals surface area contributed by atoms with Gasteiger partial charge in [-0.3, -0.25) is 4.68 Å². The minimum atomic E-state index is -4.31. The quantitative estimate of drug-likeness (QED) is 0.913. The lowest BCUT2D eigenvalue weighted by Gasteiger charge is -2.24. The molecule has 1 aliphatic rings. The van der Waals surface area contributed by atoms with Gasteiger partial charge in [0.15, 0.2) is 0 Å². The lowest BCUT2D eigenvalue weighted by Crippen LogP contribution is -2.35. The van der Waals surface area contributed by atoms with Crippen molar-refractivity contribution in [3.05, 3.63) is 18.0 Å². The van der Waals surface area contributed by atoms with E-state index < -0.39 is 11.7 Å². The molecule has 1 saturated carbocycles. The largest absolute Gasteiger partial charge is 0.419 e. The van der Waals surface area contributed by atoms with E-state index in [2.05, 4.69) is 10.4 Å². The highest BCUT2D eigenvalue weighted by Gasteiger charge is 2.32. The van der Waals surface area contributed by atoms with E-state index in [1.807, 2.05) is 6.92 Å². The van der Waals surface area contributed by atoms with Gasteiger partial charge >= 0.3 is 6.18 Å². The summed E-state index contributed by atoms with van der Waals surface area (Å²) in [6.07, 6.45) is 3.76. The van der Waals surface area contributed by atoms with Crippen LogP contribution in [0.1, 0.15) is 50.6 Å². The smallest absolute Gasteiger partial charge is 0.312 e. The fourth-order valence-corrected chi connectivity index (χ4v) is 2.46. The van der Waals surface area contributed by atoms with Gasteiger partial charge in [0.2, 0.25) is 0 Å². The van der Waals surface area contributed by atoms with Crippen molar-refractivity contribution in [1.82, 2.24) is 15.1 Å². The minimum absolute atomic E-state index is 0.0713. The molecular formula is C13H20F3N3. The monoisotopic (exact) mass is 275 g/mol. The molecule has 1 aromatic rings. The molecule has 19 heavy (non-hydrogen) atoms. The molecule has 0 bridgehead atoms. The standard InChI is InChI=1S/C13H20F3N3/c1-10(7-17-12-5-3-2-4-6-12)19-9-11(8-18-19)13(14,15)16/h8-10,12,17H,2-7H2,1H3. The van der Waals surface area contributed by atoms with Gasteiger partial charge < -0.3 is 5.32 Å². The summed E-state index contributed by atoms with van der Waals surface area (Å²) in [6, 6.07) is 0.437. The topological polar surface area (TPSA) is 29.9 Å². The van der Waals surface area contributed by atoms with Gasteiger partial charge in [-0.2, -0.15) is 18.3 Å². The van der Waals surface area contributed by atoms with Gasteiger partial charge in [0, 0.05) is 18.8 Å². The molecule has 0 spiro atoms. The van der Waals surface area contributed by atoms with E-state index in [9.17, 15) is 13.2 Å². The van der Waals surface area contributed by atoms with E-state index in [1.54, 1.807) is 0 Å². The average Bonchev–Trinajstić information content (AvgIpc) is 2.87. The second-order valence-electron chi connectivity index (χ2n) is 5.30. The zero-order valence-electron chi connectivity index (χ0n) is 11.1. The van der Waals surface area contributed by atoms with Crippen molar-refractivity contribution < 1.29 is 13.2 Å². The number of aromatic nitrogens is 2. The first-order chi connectivity index (χ1) is 8.97. The molecule has 1 heterocycles. The van der Waals surface area contributed by atoms with E-state index >= 15 is 0 Å². The Bertz CT molecular complexity index is 394. The van der Waals surface area contributed by atoms with Crippen molar-refractivity contribution in [3.63, 3.8) is 0 Å². The number of nitrogens with zero attached hydrogens (tertiary/aromatic N) is 2. The SMILES string of the molecule is CC(CNC1CCCCC1)n1cc(C(F)(F)F)cn1. The Balaban J connectivity index is 1.85. The van der Waals surface area contributed by atoms with Gasteiger partial charge in [0.25, 0.3) is 0 Å². The molecule has 0 amide bonds. The first-order valence-corrected chi connectivity index (χ1v) is 6.81. The van der Waals surface area contributed by atoms with Gasteiger partial charge in [-0.15, -0.1) is 0 Å². The second kappa shape index (κ2) is 5.94. The van der Waals surface area contributed by atoms with Crippen LogP contribution in [-0.2, 0) is 6.18 Å². The summed E-state index contributed by atoms with van der Waals surface area (Å²) in [4.78, 5) is 0. The first kappa shape index (κ1) is 14.4. The molecule has 0 aliphatic heterocycles. The van der Waals surface area contributed by atoms with Gasteiger partial charge in [-0.1, -0.05) is 19.3 Å². The summed E-state index contributed by atoms with van der Waals surface area (Å²) in [5, 5.41) is 7.23. The van der Waals surface area contributed by atoms with Crippen LogP contribution >= 0.6 is 0 Å². The number of hydrogen-bond acceptors (Lipinski definition) is 2. The summed E-state index contributed by atoms with van der Waals surface area (Å²) in [5.41, 5.74) is -0.683. The molecule has 1 aliphatic carbocycles. The van der Waals surface area contributed by atoms with Crippen LogP contribution in [-0.4, -0.2) is 22.4 Å². The molecule has 0 saturated heterocycles. The number of halogens is 3. The molecule has 6 heteroatoms. The lowest BCUT2D eigenvalue weighted by atomic mass is 9.95. The van der Waals surface area contributed by atoms with Crippen LogP contribution in [0.25, 0.3) is 0 Å². The van der Waals surface area contributed by atoms with Gasteiger partial charge in [0.1, 0.15) is 0 Å². The molecule has 0 aromatic carbocycles. The van der Waals surface area contributed by atoms with Crippen LogP contribution in [0.15, 0.2) is 12.4 Å². The Labute approximate surface area is 111 Å². The summed E-state index contributed by atoms with van der Waals surface area (Å²) in [5.74, 6) is 0. The van der Waals surface area contributed by atoms with Crippen LogP contribution < -0.4 is 5.32 Å². The predicted molar refractivity (Wildman–Crippen MR) is 66.8 cm³/mol. The molecule has 1 fully saturated rings. The van der Waals surface area contributed by atoms with Crippen molar-refractivity contribution in [2.75, 3.05) is 6.54 Å². The van der Waals surface area contributed by atoms with E-state index in [4.69, 9.17) is 0 Å². The summed E-state index contributed by atoms with van der Waals surface area (Å²) < 4.78 is 38.8. The maximum Gasteiger partial charge on any atom is 0.419 e. The fraction of sp³-hybridized carbons (Fsp3) is 0.769. The molecule has 3 nitrogen and oxygen atoms in total. The van der Waals surface area contributed by atoms with E-state index in [0.29, 0.717) is 12.6 Å². The predicted octanol–water partition coefficient (Wildman–Crippen LogP) is 3.39. The third-order valence-corrected chi connectivity index (χ3v) is 3.69. The van der Waals surface area contributed by atoms with Crippen molar-refractivity contribution >= 4 is 0 Å². The van der Waals surface area contributed by atoms with Crippen LogP contribution in [0.3, 0.4) is 0 Å². The molecule has 0 radical (unpaired) electrons. The summed E-state index contributed by atoms with van der Waals surface area (Å²) in [7, 11) is 0. The minimum Gasteiger partial charge on any atom is -0.312 e. The molecule has 1 unspecified atom stereocenters. The average molecular weight is 275 g/mol. The number of hydrogen-bond donors (Lipinski definition) is 1. The van der Waals surface area contributed by atoms with Crippen molar-refractivity contribution in [2.24, 2.45) is 0 Å².